The SMILES string of the molecule is COc1ccc(/C=C/C(=O)OCN2C(=O)c3ccccc3C2=O)cc1OC. The molecular formula is C20H17NO6. The van der Waals surface area contributed by atoms with Gasteiger partial charge in [-0.05, 0) is 35.9 Å². The number of hydrogen-bond acceptors (Lipinski definition) is 6. The zero-order chi connectivity index (χ0) is 19.4. The molecule has 0 unspecified atom stereocenters. The first-order chi connectivity index (χ1) is 13.0. The van der Waals surface area contributed by atoms with Gasteiger partial charge in [-0.25, -0.2) is 9.69 Å². The predicted octanol–water partition coefficient (Wildman–Crippen LogP) is 2.51. The van der Waals surface area contributed by atoms with Crippen molar-refractivity contribution in [3.8, 4) is 11.5 Å². The van der Waals surface area contributed by atoms with Crippen LogP contribution in [0.2, 0.25) is 0 Å². The van der Waals surface area contributed by atoms with E-state index in [9.17, 15) is 14.4 Å². The van der Waals surface area contributed by atoms with Crippen LogP contribution in [0.25, 0.3) is 6.08 Å². The number of methoxy groups -OCH3 is 2. The first-order valence-electron chi connectivity index (χ1n) is 8.07. The van der Waals surface area contributed by atoms with Gasteiger partial charge < -0.3 is 14.2 Å². The Labute approximate surface area is 155 Å². The lowest BCUT2D eigenvalue weighted by Crippen LogP contribution is -2.32. The van der Waals surface area contributed by atoms with Crippen LogP contribution in [0.1, 0.15) is 26.3 Å². The number of fused-ring (bicyclic) bond motifs is 1. The van der Waals surface area contributed by atoms with Gasteiger partial charge in [0.05, 0.1) is 25.3 Å². The Balaban J connectivity index is 1.61. The Hall–Kier alpha value is -3.61. The molecule has 2 aromatic carbocycles. The van der Waals surface area contributed by atoms with E-state index in [1.54, 1.807) is 42.5 Å². The minimum Gasteiger partial charge on any atom is -0.493 e. The van der Waals surface area contributed by atoms with E-state index in [0.717, 1.165) is 4.90 Å². The second kappa shape index (κ2) is 7.74. The third-order valence-corrected chi connectivity index (χ3v) is 4.03. The number of imide groups is 1. The largest absolute Gasteiger partial charge is 0.493 e. The summed E-state index contributed by atoms with van der Waals surface area (Å²) in [5, 5.41) is 0. The molecule has 0 radical (unpaired) electrons. The van der Waals surface area contributed by atoms with Crippen LogP contribution in [0.15, 0.2) is 48.5 Å². The Morgan fingerprint density at radius 3 is 2.19 bits per heavy atom. The van der Waals surface area contributed by atoms with Crippen LogP contribution in [0.5, 0.6) is 11.5 Å². The molecule has 27 heavy (non-hydrogen) atoms. The van der Waals surface area contributed by atoms with Crippen molar-refractivity contribution >= 4 is 23.9 Å². The second-order valence-corrected chi connectivity index (χ2v) is 5.62. The van der Waals surface area contributed by atoms with Crippen LogP contribution < -0.4 is 9.47 Å². The van der Waals surface area contributed by atoms with E-state index >= 15 is 0 Å². The number of carbonyl (C=O) groups excluding carboxylic acids is 3. The summed E-state index contributed by atoms with van der Waals surface area (Å²) in [6, 6.07) is 11.6. The minimum absolute atomic E-state index is 0.305. The lowest BCUT2D eigenvalue weighted by atomic mass is 10.1. The zero-order valence-corrected chi connectivity index (χ0v) is 14.8. The molecule has 2 aromatic rings. The van der Waals surface area contributed by atoms with Gasteiger partial charge in [-0.15, -0.1) is 0 Å². The van der Waals surface area contributed by atoms with Crippen LogP contribution in [0.3, 0.4) is 0 Å². The third kappa shape index (κ3) is 3.67. The van der Waals surface area contributed by atoms with Crippen molar-refractivity contribution in [2.45, 2.75) is 0 Å². The molecule has 0 aromatic heterocycles. The summed E-state index contributed by atoms with van der Waals surface area (Å²) in [5.41, 5.74) is 1.31. The van der Waals surface area contributed by atoms with Gasteiger partial charge in [0.15, 0.2) is 18.2 Å². The van der Waals surface area contributed by atoms with Crippen LogP contribution in [-0.2, 0) is 9.53 Å². The Morgan fingerprint density at radius 1 is 0.963 bits per heavy atom. The average molecular weight is 367 g/mol. The van der Waals surface area contributed by atoms with E-state index in [0.29, 0.717) is 28.2 Å². The van der Waals surface area contributed by atoms with Gasteiger partial charge in [-0.2, -0.15) is 0 Å². The quantitative estimate of drug-likeness (QED) is 0.443. The van der Waals surface area contributed by atoms with E-state index in [4.69, 9.17) is 14.2 Å². The summed E-state index contributed by atoms with van der Waals surface area (Å²) in [6.45, 7) is -0.443. The fourth-order valence-corrected chi connectivity index (χ4v) is 2.65. The molecule has 0 saturated heterocycles. The van der Waals surface area contributed by atoms with Crippen LogP contribution >= 0.6 is 0 Å². The number of esters is 1. The number of carbonyl (C=O) groups is 3. The molecule has 3 rings (SSSR count). The van der Waals surface area contributed by atoms with Gasteiger partial charge in [-0.1, -0.05) is 18.2 Å². The maximum Gasteiger partial charge on any atom is 0.332 e. The van der Waals surface area contributed by atoms with Crippen LogP contribution in [0, 0.1) is 0 Å². The maximum absolute atomic E-state index is 12.2. The van der Waals surface area contributed by atoms with Gasteiger partial charge in [0.2, 0.25) is 0 Å². The highest BCUT2D eigenvalue weighted by Crippen LogP contribution is 2.28. The molecular weight excluding hydrogens is 350 g/mol. The topological polar surface area (TPSA) is 82.1 Å². The molecule has 0 bridgehead atoms. The standard InChI is InChI=1S/C20H17NO6/c1-25-16-9-7-13(11-17(16)26-2)8-10-18(22)27-12-21-19(23)14-5-3-4-6-15(14)20(21)24/h3-11H,12H2,1-2H3/b10-8+. The van der Waals surface area contributed by atoms with E-state index in [2.05, 4.69) is 0 Å². The minimum atomic E-state index is -0.679. The summed E-state index contributed by atoms with van der Waals surface area (Å²) >= 11 is 0. The molecule has 0 N–H and O–H groups in total. The Bertz CT molecular complexity index is 899. The molecule has 1 aliphatic heterocycles. The highest BCUT2D eigenvalue weighted by molar-refractivity contribution is 6.21. The molecule has 7 nitrogen and oxygen atoms in total. The highest BCUT2D eigenvalue weighted by Gasteiger charge is 2.35. The van der Waals surface area contributed by atoms with Crippen LogP contribution in [0.4, 0.5) is 0 Å². The smallest absolute Gasteiger partial charge is 0.332 e. The number of hydrogen-bond donors (Lipinski definition) is 0. The fourth-order valence-electron chi connectivity index (χ4n) is 2.65. The summed E-state index contributed by atoms with van der Waals surface area (Å²) in [6.07, 6.45) is 2.74. The average Bonchev–Trinajstić information content (AvgIpc) is 2.95. The molecule has 0 aliphatic carbocycles. The fraction of sp³-hybridized carbons (Fsp3) is 0.150. The number of rotatable bonds is 6. The normalized spacial score (nSPS) is 13.0. The van der Waals surface area contributed by atoms with Crippen molar-refractivity contribution in [1.29, 1.82) is 0 Å². The highest BCUT2D eigenvalue weighted by atomic mass is 16.5. The number of benzene rings is 2. The van der Waals surface area contributed by atoms with E-state index < -0.39 is 24.5 Å². The molecule has 2 amide bonds. The van der Waals surface area contributed by atoms with E-state index in [1.807, 2.05) is 0 Å². The number of nitrogens with zero attached hydrogens (tertiary/aromatic N) is 1. The lowest BCUT2D eigenvalue weighted by molar-refractivity contribution is -0.140. The zero-order valence-electron chi connectivity index (χ0n) is 14.8. The summed E-state index contributed by atoms with van der Waals surface area (Å²) < 4.78 is 15.4. The van der Waals surface area contributed by atoms with Crippen molar-refractivity contribution in [2.24, 2.45) is 0 Å². The van der Waals surface area contributed by atoms with Crippen molar-refractivity contribution in [1.82, 2.24) is 4.90 Å². The summed E-state index contributed by atoms with van der Waals surface area (Å²) in [7, 11) is 3.05. The molecule has 1 heterocycles. The van der Waals surface area contributed by atoms with Gasteiger partial charge in [0, 0.05) is 6.08 Å². The van der Waals surface area contributed by atoms with Gasteiger partial charge in [0.25, 0.3) is 11.8 Å². The van der Waals surface area contributed by atoms with Gasteiger partial charge in [-0.3, -0.25) is 9.59 Å². The second-order valence-electron chi connectivity index (χ2n) is 5.62. The maximum atomic E-state index is 12.2. The molecule has 0 fully saturated rings. The molecule has 138 valence electrons. The van der Waals surface area contributed by atoms with Crippen molar-refractivity contribution in [2.75, 3.05) is 21.0 Å². The van der Waals surface area contributed by atoms with Crippen molar-refractivity contribution in [3.63, 3.8) is 0 Å². The molecule has 7 heteroatoms. The Kier molecular flexibility index (Phi) is 5.21. The van der Waals surface area contributed by atoms with Crippen molar-refractivity contribution < 1.29 is 28.6 Å². The lowest BCUT2D eigenvalue weighted by Gasteiger charge is -2.12. The Morgan fingerprint density at radius 2 is 1.59 bits per heavy atom. The summed E-state index contributed by atoms with van der Waals surface area (Å²) in [4.78, 5) is 37.2. The van der Waals surface area contributed by atoms with Crippen molar-refractivity contribution in [3.05, 3.63) is 65.2 Å². The molecule has 0 atom stereocenters. The van der Waals surface area contributed by atoms with E-state index in [1.165, 1.54) is 26.4 Å². The number of ether oxygens (including phenoxy) is 3. The monoisotopic (exact) mass is 367 g/mol. The molecule has 1 aliphatic rings. The van der Waals surface area contributed by atoms with Crippen LogP contribution in [-0.4, -0.2) is 43.6 Å². The predicted molar refractivity (Wildman–Crippen MR) is 96.5 cm³/mol. The molecule has 0 spiro atoms. The van der Waals surface area contributed by atoms with Gasteiger partial charge >= 0.3 is 5.97 Å². The number of amides is 2. The first-order valence-corrected chi connectivity index (χ1v) is 8.07. The van der Waals surface area contributed by atoms with E-state index in [-0.39, 0.29) is 0 Å². The summed E-state index contributed by atoms with van der Waals surface area (Å²) in [5.74, 6) is -0.539. The third-order valence-electron chi connectivity index (χ3n) is 4.03. The molecule has 0 saturated carbocycles. The van der Waals surface area contributed by atoms with Gasteiger partial charge in [0.1, 0.15) is 0 Å². The first kappa shape index (κ1) is 18.2.